The lowest BCUT2D eigenvalue weighted by Gasteiger charge is -2.09. The number of aromatic nitrogens is 2. The SMILES string of the molecule is Cc1nc(NCc2ccccc2)cc(C(=O)NCCCc2ccccc2)n1. The van der Waals surface area contributed by atoms with Crippen LogP contribution < -0.4 is 10.6 Å². The first-order valence-corrected chi connectivity index (χ1v) is 9.16. The van der Waals surface area contributed by atoms with Gasteiger partial charge in [-0.15, -0.1) is 0 Å². The highest BCUT2D eigenvalue weighted by Crippen LogP contribution is 2.09. The fraction of sp³-hybridized carbons (Fsp3) is 0.227. The molecule has 0 bridgehead atoms. The summed E-state index contributed by atoms with van der Waals surface area (Å²) in [5, 5.41) is 6.20. The Kier molecular flexibility index (Phi) is 6.52. The van der Waals surface area contributed by atoms with E-state index in [4.69, 9.17) is 0 Å². The minimum absolute atomic E-state index is 0.170. The fourth-order valence-corrected chi connectivity index (χ4v) is 2.79. The number of nitrogens with one attached hydrogen (secondary N) is 2. The van der Waals surface area contributed by atoms with Gasteiger partial charge < -0.3 is 10.6 Å². The number of anilines is 1. The molecule has 2 aromatic carbocycles. The largest absolute Gasteiger partial charge is 0.366 e. The van der Waals surface area contributed by atoms with Crippen molar-refractivity contribution in [2.24, 2.45) is 0 Å². The molecule has 1 heterocycles. The van der Waals surface area contributed by atoms with E-state index >= 15 is 0 Å². The Morgan fingerprint density at radius 3 is 2.30 bits per heavy atom. The maximum Gasteiger partial charge on any atom is 0.270 e. The normalized spacial score (nSPS) is 10.4. The summed E-state index contributed by atoms with van der Waals surface area (Å²) in [7, 11) is 0. The third kappa shape index (κ3) is 5.92. The standard InChI is InChI=1S/C22H24N4O/c1-17-25-20(15-21(26-17)24-16-19-11-6-3-7-12-19)22(27)23-14-8-13-18-9-4-2-5-10-18/h2-7,9-12,15H,8,13-14,16H2,1H3,(H,23,27)(H,24,25,26). The van der Waals surface area contributed by atoms with Gasteiger partial charge in [-0.1, -0.05) is 60.7 Å². The minimum Gasteiger partial charge on any atom is -0.366 e. The molecule has 3 rings (SSSR count). The molecule has 5 heteroatoms. The summed E-state index contributed by atoms with van der Waals surface area (Å²) in [6.07, 6.45) is 1.83. The van der Waals surface area contributed by atoms with Crippen molar-refractivity contribution in [3.63, 3.8) is 0 Å². The number of hydrogen-bond acceptors (Lipinski definition) is 4. The van der Waals surface area contributed by atoms with Gasteiger partial charge in [0.25, 0.3) is 5.91 Å². The Morgan fingerprint density at radius 2 is 1.59 bits per heavy atom. The number of benzene rings is 2. The molecule has 0 saturated carbocycles. The summed E-state index contributed by atoms with van der Waals surface area (Å²) in [6, 6.07) is 22.0. The van der Waals surface area contributed by atoms with Gasteiger partial charge in [0.05, 0.1) is 0 Å². The maximum atomic E-state index is 12.4. The summed E-state index contributed by atoms with van der Waals surface area (Å²) in [5.74, 6) is 1.06. The lowest BCUT2D eigenvalue weighted by molar-refractivity contribution is 0.0948. The summed E-state index contributed by atoms with van der Waals surface area (Å²) < 4.78 is 0. The average molecular weight is 360 g/mol. The first-order valence-electron chi connectivity index (χ1n) is 9.16. The Hall–Kier alpha value is -3.21. The molecular weight excluding hydrogens is 336 g/mol. The number of amides is 1. The molecule has 0 atom stereocenters. The lowest BCUT2D eigenvalue weighted by Crippen LogP contribution is -2.26. The monoisotopic (exact) mass is 360 g/mol. The van der Waals surface area contributed by atoms with Gasteiger partial charge in [-0.25, -0.2) is 9.97 Å². The molecule has 0 unspecified atom stereocenters. The van der Waals surface area contributed by atoms with E-state index in [0.717, 1.165) is 18.4 Å². The van der Waals surface area contributed by atoms with Crippen molar-refractivity contribution >= 4 is 11.7 Å². The topological polar surface area (TPSA) is 66.9 Å². The summed E-state index contributed by atoms with van der Waals surface area (Å²) in [5.41, 5.74) is 2.82. The van der Waals surface area contributed by atoms with E-state index in [9.17, 15) is 4.79 Å². The molecule has 2 N–H and O–H groups in total. The molecule has 0 aliphatic carbocycles. The van der Waals surface area contributed by atoms with E-state index in [1.807, 2.05) is 48.5 Å². The van der Waals surface area contributed by atoms with Gasteiger partial charge in [0.2, 0.25) is 0 Å². The molecule has 0 saturated heterocycles. The predicted molar refractivity (Wildman–Crippen MR) is 108 cm³/mol. The minimum atomic E-state index is -0.170. The quantitative estimate of drug-likeness (QED) is 0.600. The molecule has 1 aromatic heterocycles. The van der Waals surface area contributed by atoms with Crippen molar-refractivity contribution < 1.29 is 4.79 Å². The Labute approximate surface area is 159 Å². The van der Waals surface area contributed by atoms with E-state index in [1.54, 1.807) is 13.0 Å². The molecule has 0 aliphatic heterocycles. The molecule has 0 radical (unpaired) electrons. The van der Waals surface area contributed by atoms with Crippen LogP contribution in [0.2, 0.25) is 0 Å². The summed E-state index contributed by atoms with van der Waals surface area (Å²) >= 11 is 0. The molecule has 138 valence electrons. The van der Waals surface area contributed by atoms with Crippen LogP contribution in [-0.4, -0.2) is 22.4 Å². The molecular formula is C22H24N4O. The van der Waals surface area contributed by atoms with Crippen LogP contribution in [0.3, 0.4) is 0 Å². The third-order valence-corrected chi connectivity index (χ3v) is 4.16. The van der Waals surface area contributed by atoms with Gasteiger partial charge in [-0.2, -0.15) is 0 Å². The van der Waals surface area contributed by atoms with Crippen molar-refractivity contribution in [1.82, 2.24) is 15.3 Å². The number of nitrogens with zero attached hydrogens (tertiary/aromatic N) is 2. The second-order valence-electron chi connectivity index (χ2n) is 6.37. The Balaban J connectivity index is 1.52. The highest BCUT2D eigenvalue weighted by molar-refractivity contribution is 5.92. The van der Waals surface area contributed by atoms with E-state index in [-0.39, 0.29) is 5.91 Å². The number of hydrogen-bond donors (Lipinski definition) is 2. The van der Waals surface area contributed by atoms with Gasteiger partial charge in [0, 0.05) is 19.2 Å². The number of aryl methyl sites for hydroxylation is 2. The second kappa shape index (κ2) is 9.48. The highest BCUT2D eigenvalue weighted by Gasteiger charge is 2.10. The van der Waals surface area contributed by atoms with Crippen molar-refractivity contribution in [2.75, 3.05) is 11.9 Å². The highest BCUT2D eigenvalue weighted by atomic mass is 16.1. The number of rotatable bonds is 8. The van der Waals surface area contributed by atoms with E-state index in [0.29, 0.717) is 30.4 Å². The summed E-state index contributed by atoms with van der Waals surface area (Å²) in [4.78, 5) is 21.0. The first kappa shape index (κ1) is 18.6. The molecule has 0 spiro atoms. The number of carbonyl (C=O) groups is 1. The molecule has 27 heavy (non-hydrogen) atoms. The van der Waals surface area contributed by atoms with Gasteiger partial charge in [0.1, 0.15) is 17.3 Å². The van der Waals surface area contributed by atoms with Gasteiger partial charge in [-0.3, -0.25) is 4.79 Å². The van der Waals surface area contributed by atoms with Crippen LogP contribution in [0.5, 0.6) is 0 Å². The second-order valence-corrected chi connectivity index (χ2v) is 6.37. The smallest absolute Gasteiger partial charge is 0.270 e. The van der Waals surface area contributed by atoms with Crippen molar-refractivity contribution in [3.8, 4) is 0 Å². The van der Waals surface area contributed by atoms with Gasteiger partial charge in [0.15, 0.2) is 0 Å². The van der Waals surface area contributed by atoms with Gasteiger partial charge >= 0.3 is 0 Å². The van der Waals surface area contributed by atoms with Crippen LogP contribution in [0.15, 0.2) is 66.7 Å². The number of carbonyl (C=O) groups excluding carboxylic acids is 1. The third-order valence-electron chi connectivity index (χ3n) is 4.16. The zero-order chi connectivity index (χ0) is 18.9. The first-order chi connectivity index (χ1) is 13.2. The molecule has 3 aromatic rings. The van der Waals surface area contributed by atoms with E-state index in [1.165, 1.54) is 5.56 Å². The average Bonchev–Trinajstić information content (AvgIpc) is 2.71. The molecule has 5 nitrogen and oxygen atoms in total. The van der Waals surface area contributed by atoms with E-state index < -0.39 is 0 Å². The zero-order valence-electron chi connectivity index (χ0n) is 15.5. The van der Waals surface area contributed by atoms with Crippen molar-refractivity contribution in [1.29, 1.82) is 0 Å². The Bertz CT molecular complexity index is 866. The van der Waals surface area contributed by atoms with Crippen LogP contribution in [0.1, 0.15) is 33.9 Å². The molecule has 0 fully saturated rings. The zero-order valence-corrected chi connectivity index (χ0v) is 15.5. The molecule has 0 aliphatic rings. The van der Waals surface area contributed by atoms with Gasteiger partial charge in [-0.05, 0) is 30.9 Å². The van der Waals surface area contributed by atoms with E-state index in [2.05, 4.69) is 32.7 Å². The van der Waals surface area contributed by atoms with Crippen LogP contribution in [0, 0.1) is 6.92 Å². The van der Waals surface area contributed by atoms with Crippen LogP contribution in [-0.2, 0) is 13.0 Å². The maximum absolute atomic E-state index is 12.4. The van der Waals surface area contributed by atoms with Crippen molar-refractivity contribution in [2.45, 2.75) is 26.3 Å². The van der Waals surface area contributed by atoms with Crippen LogP contribution in [0.25, 0.3) is 0 Å². The molecule has 1 amide bonds. The Morgan fingerprint density at radius 1 is 0.926 bits per heavy atom. The lowest BCUT2D eigenvalue weighted by atomic mass is 10.1. The van der Waals surface area contributed by atoms with Crippen LogP contribution >= 0.6 is 0 Å². The summed E-state index contributed by atoms with van der Waals surface area (Å²) in [6.45, 7) is 3.05. The van der Waals surface area contributed by atoms with Crippen molar-refractivity contribution in [3.05, 3.63) is 89.4 Å². The predicted octanol–water partition coefficient (Wildman–Crippen LogP) is 3.76. The van der Waals surface area contributed by atoms with Crippen LogP contribution in [0.4, 0.5) is 5.82 Å². The fourth-order valence-electron chi connectivity index (χ4n) is 2.79.